The first-order valence-corrected chi connectivity index (χ1v) is 4.99. The molecule has 19 heavy (non-hydrogen) atoms. The molecule has 1 aromatic carbocycles. The van der Waals surface area contributed by atoms with Crippen LogP contribution in [0.1, 0.15) is 5.69 Å². The van der Waals surface area contributed by atoms with Crippen molar-refractivity contribution in [2.75, 3.05) is 0 Å². The van der Waals surface area contributed by atoms with E-state index >= 15 is 0 Å². The Labute approximate surface area is 103 Å². The Bertz CT molecular complexity index is 620. The highest BCUT2D eigenvalue weighted by Crippen LogP contribution is 2.31. The molecule has 0 saturated heterocycles. The minimum atomic E-state index is -4.80. The van der Waals surface area contributed by atoms with Crippen molar-refractivity contribution in [3.05, 3.63) is 53.5 Å². The minimum Gasteiger partial charge on any atom is -0.240 e. The van der Waals surface area contributed by atoms with Crippen molar-refractivity contribution < 1.29 is 26.3 Å². The van der Waals surface area contributed by atoms with E-state index in [0.717, 1.165) is 18.2 Å². The minimum absolute atomic E-state index is 0.427. The third-order valence-corrected chi connectivity index (χ3v) is 2.34. The zero-order valence-electron chi connectivity index (χ0n) is 9.10. The van der Waals surface area contributed by atoms with E-state index in [1.165, 1.54) is 0 Å². The molecule has 0 bridgehead atoms. The maximum atomic E-state index is 13.4. The van der Waals surface area contributed by atoms with Crippen LogP contribution in [0.25, 0.3) is 11.3 Å². The van der Waals surface area contributed by atoms with Gasteiger partial charge in [-0.3, -0.25) is 0 Å². The first kappa shape index (κ1) is 13.4. The van der Waals surface area contributed by atoms with Crippen molar-refractivity contribution in [3.63, 3.8) is 0 Å². The van der Waals surface area contributed by atoms with Gasteiger partial charge in [-0.25, -0.2) is 18.2 Å². The molecule has 0 saturated carbocycles. The number of benzene rings is 1. The Kier molecular flexibility index (Phi) is 3.21. The molecule has 0 atom stereocenters. The normalized spacial score (nSPS) is 11.7. The average Bonchev–Trinajstić information content (AvgIpc) is 2.32. The number of rotatable bonds is 1. The third-order valence-electron chi connectivity index (χ3n) is 2.34. The third kappa shape index (κ3) is 2.54. The molecule has 1 nitrogen and oxygen atoms in total. The Morgan fingerprint density at radius 2 is 1.53 bits per heavy atom. The van der Waals surface area contributed by atoms with Gasteiger partial charge in [-0.1, -0.05) is 6.07 Å². The molecule has 0 N–H and O–H groups in total. The van der Waals surface area contributed by atoms with E-state index in [1.54, 1.807) is 0 Å². The number of halogens is 6. The van der Waals surface area contributed by atoms with Crippen LogP contribution in [0.3, 0.4) is 0 Å². The molecule has 2 aromatic rings. The van der Waals surface area contributed by atoms with Gasteiger partial charge in [0.25, 0.3) is 0 Å². The second-order valence-electron chi connectivity index (χ2n) is 3.63. The van der Waals surface area contributed by atoms with Crippen molar-refractivity contribution in [1.82, 2.24) is 4.98 Å². The summed E-state index contributed by atoms with van der Waals surface area (Å²) >= 11 is 0. The van der Waals surface area contributed by atoms with Crippen LogP contribution in [0.2, 0.25) is 0 Å². The number of hydrogen-bond donors (Lipinski definition) is 0. The van der Waals surface area contributed by atoms with Gasteiger partial charge in [-0.2, -0.15) is 13.2 Å². The quantitative estimate of drug-likeness (QED) is 0.712. The molecule has 0 aliphatic carbocycles. The fourth-order valence-electron chi connectivity index (χ4n) is 1.48. The summed E-state index contributed by atoms with van der Waals surface area (Å²) in [5, 5.41) is 0. The number of nitrogens with zero attached hydrogens (tertiary/aromatic N) is 1. The molecule has 7 heteroatoms. The monoisotopic (exact) mass is 277 g/mol. The molecule has 0 radical (unpaired) electrons. The predicted octanol–water partition coefficient (Wildman–Crippen LogP) is 4.18. The van der Waals surface area contributed by atoms with E-state index in [-0.39, 0.29) is 0 Å². The zero-order chi connectivity index (χ0) is 14.2. The summed E-state index contributed by atoms with van der Waals surface area (Å²) in [6.45, 7) is 0. The molecule has 1 heterocycles. The molecule has 0 unspecified atom stereocenters. The maximum absolute atomic E-state index is 13.4. The highest BCUT2D eigenvalue weighted by atomic mass is 19.4. The van der Waals surface area contributed by atoms with Crippen LogP contribution in [-0.2, 0) is 6.18 Å². The van der Waals surface area contributed by atoms with Crippen LogP contribution >= 0.6 is 0 Å². The van der Waals surface area contributed by atoms with Crippen LogP contribution in [-0.4, -0.2) is 4.98 Å². The predicted molar refractivity (Wildman–Crippen MR) is 54.5 cm³/mol. The standard InChI is InChI=1S/C12H5F6N/c13-7-3-1-2-6(10(7)15)11-8(14)4-5-9(19-11)12(16,17)18/h1-5H. The molecule has 0 fully saturated rings. The second-order valence-corrected chi connectivity index (χ2v) is 3.63. The van der Waals surface area contributed by atoms with E-state index < -0.39 is 40.6 Å². The van der Waals surface area contributed by atoms with Crippen molar-refractivity contribution >= 4 is 0 Å². The molecular formula is C12H5F6N. The van der Waals surface area contributed by atoms with Crippen LogP contribution in [0.15, 0.2) is 30.3 Å². The van der Waals surface area contributed by atoms with Gasteiger partial charge in [-0.15, -0.1) is 0 Å². The molecule has 0 amide bonds. The van der Waals surface area contributed by atoms with E-state index in [2.05, 4.69) is 4.98 Å². The fourth-order valence-corrected chi connectivity index (χ4v) is 1.48. The van der Waals surface area contributed by atoms with Gasteiger partial charge in [0.05, 0.1) is 0 Å². The van der Waals surface area contributed by atoms with Crippen LogP contribution in [0, 0.1) is 17.5 Å². The van der Waals surface area contributed by atoms with Gasteiger partial charge in [0.15, 0.2) is 11.6 Å². The number of aromatic nitrogens is 1. The smallest absolute Gasteiger partial charge is 0.240 e. The number of hydrogen-bond acceptors (Lipinski definition) is 1. The Morgan fingerprint density at radius 1 is 0.842 bits per heavy atom. The van der Waals surface area contributed by atoms with Crippen LogP contribution in [0.4, 0.5) is 26.3 Å². The molecule has 100 valence electrons. The molecule has 1 aromatic heterocycles. The Hall–Kier alpha value is -2.05. The summed E-state index contributed by atoms with van der Waals surface area (Å²) in [7, 11) is 0. The summed E-state index contributed by atoms with van der Waals surface area (Å²) in [4.78, 5) is 3.01. The number of alkyl halides is 3. The summed E-state index contributed by atoms with van der Waals surface area (Å²) in [5.74, 6) is -3.91. The largest absolute Gasteiger partial charge is 0.433 e. The molecule has 0 aliphatic rings. The highest BCUT2D eigenvalue weighted by Gasteiger charge is 2.33. The summed E-state index contributed by atoms with van der Waals surface area (Å²) < 4.78 is 77.2. The Balaban J connectivity index is 2.65. The average molecular weight is 277 g/mol. The second kappa shape index (κ2) is 4.56. The first-order valence-electron chi connectivity index (χ1n) is 4.99. The molecule has 0 aliphatic heterocycles. The van der Waals surface area contributed by atoms with Gasteiger partial charge < -0.3 is 0 Å². The van der Waals surface area contributed by atoms with Crippen molar-refractivity contribution in [3.8, 4) is 11.3 Å². The zero-order valence-corrected chi connectivity index (χ0v) is 9.10. The van der Waals surface area contributed by atoms with Gasteiger partial charge in [-0.05, 0) is 24.3 Å². The molecule has 0 spiro atoms. The van der Waals surface area contributed by atoms with E-state index in [0.29, 0.717) is 12.1 Å². The summed E-state index contributed by atoms with van der Waals surface area (Å²) in [5.41, 5.74) is -2.93. The lowest BCUT2D eigenvalue weighted by molar-refractivity contribution is -0.141. The maximum Gasteiger partial charge on any atom is 0.433 e. The van der Waals surface area contributed by atoms with E-state index in [9.17, 15) is 26.3 Å². The molecular weight excluding hydrogens is 272 g/mol. The lowest BCUT2D eigenvalue weighted by atomic mass is 10.1. The van der Waals surface area contributed by atoms with Crippen molar-refractivity contribution in [1.29, 1.82) is 0 Å². The van der Waals surface area contributed by atoms with Gasteiger partial charge in [0, 0.05) is 5.56 Å². The van der Waals surface area contributed by atoms with Gasteiger partial charge in [0.2, 0.25) is 0 Å². The number of pyridine rings is 1. The summed E-state index contributed by atoms with van der Waals surface area (Å²) in [6, 6.07) is 3.70. The Morgan fingerprint density at radius 3 is 2.16 bits per heavy atom. The fraction of sp³-hybridized carbons (Fsp3) is 0.0833. The van der Waals surface area contributed by atoms with E-state index in [1.807, 2.05) is 0 Å². The SMILES string of the molecule is Fc1ccc(C(F)(F)F)nc1-c1cccc(F)c1F. The highest BCUT2D eigenvalue weighted by molar-refractivity contribution is 5.61. The van der Waals surface area contributed by atoms with Crippen LogP contribution < -0.4 is 0 Å². The van der Waals surface area contributed by atoms with Gasteiger partial charge >= 0.3 is 6.18 Å². The lowest BCUT2D eigenvalue weighted by Gasteiger charge is -2.09. The summed E-state index contributed by atoms with van der Waals surface area (Å²) in [6.07, 6.45) is -4.80. The molecule has 2 rings (SSSR count). The van der Waals surface area contributed by atoms with Gasteiger partial charge in [0.1, 0.15) is 17.2 Å². The lowest BCUT2D eigenvalue weighted by Crippen LogP contribution is -2.09. The van der Waals surface area contributed by atoms with Crippen molar-refractivity contribution in [2.45, 2.75) is 6.18 Å². The topological polar surface area (TPSA) is 12.9 Å². The van der Waals surface area contributed by atoms with Crippen LogP contribution in [0.5, 0.6) is 0 Å². The first-order chi connectivity index (χ1) is 8.80. The van der Waals surface area contributed by atoms with E-state index in [4.69, 9.17) is 0 Å². The van der Waals surface area contributed by atoms with Crippen molar-refractivity contribution in [2.24, 2.45) is 0 Å².